The number of amides is 1. The zero-order chi connectivity index (χ0) is 13.1. The third-order valence-corrected chi connectivity index (χ3v) is 3.69. The van der Waals surface area contributed by atoms with E-state index in [1.54, 1.807) is 12.1 Å². The first-order chi connectivity index (χ1) is 8.59. The number of hydrogen-bond donors (Lipinski definition) is 2. The molecule has 1 aliphatic rings. The fraction of sp³-hybridized carbons (Fsp3) is 0.417. The van der Waals surface area contributed by atoms with E-state index in [0.717, 1.165) is 26.2 Å². The molecule has 2 rings (SSSR count). The molecule has 1 unspecified atom stereocenters. The lowest BCUT2D eigenvalue weighted by Crippen LogP contribution is -2.48. The molecule has 3 N–H and O–H groups in total. The molecule has 0 saturated carbocycles. The van der Waals surface area contributed by atoms with Crippen LogP contribution in [-0.4, -0.2) is 37.0 Å². The Morgan fingerprint density at radius 1 is 1.44 bits per heavy atom. The summed E-state index contributed by atoms with van der Waals surface area (Å²) < 4.78 is 13.9. The van der Waals surface area contributed by atoms with Crippen molar-refractivity contribution in [1.29, 1.82) is 0 Å². The Labute approximate surface area is 113 Å². The average Bonchev–Trinajstić information content (AvgIpc) is 2.35. The van der Waals surface area contributed by atoms with Crippen LogP contribution in [0.5, 0.6) is 0 Å². The second-order valence-electron chi connectivity index (χ2n) is 4.26. The molecule has 1 atom stereocenters. The number of halogens is 2. The quantitative estimate of drug-likeness (QED) is 0.875. The van der Waals surface area contributed by atoms with Crippen LogP contribution in [0.15, 0.2) is 22.7 Å². The topological polar surface area (TPSA) is 58.4 Å². The molecule has 1 fully saturated rings. The van der Waals surface area contributed by atoms with Gasteiger partial charge < -0.3 is 11.1 Å². The number of hydrogen-bond acceptors (Lipinski definition) is 3. The van der Waals surface area contributed by atoms with E-state index in [4.69, 9.17) is 5.73 Å². The van der Waals surface area contributed by atoms with E-state index in [9.17, 15) is 9.18 Å². The van der Waals surface area contributed by atoms with Crippen LogP contribution >= 0.6 is 15.9 Å². The van der Waals surface area contributed by atoms with Gasteiger partial charge in [-0.05, 0) is 33.6 Å². The van der Waals surface area contributed by atoms with Crippen molar-refractivity contribution < 1.29 is 9.18 Å². The third kappa shape index (κ3) is 2.88. The van der Waals surface area contributed by atoms with Crippen molar-refractivity contribution in [3.8, 4) is 0 Å². The van der Waals surface area contributed by atoms with E-state index in [0.29, 0.717) is 10.0 Å². The third-order valence-electron chi connectivity index (χ3n) is 3.05. The number of rotatable bonds is 3. The zero-order valence-electron chi connectivity index (χ0n) is 9.83. The van der Waals surface area contributed by atoms with Crippen molar-refractivity contribution in [2.45, 2.75) is 6.04 Å². The molecule has 1 heterocycles. The van der Waals surface area contributed by atoms with Gasteiger partial charge in [-0.1, -0.05) is 6.07 Å². The van der Waals surface area contributed by atoms with Crippen LogP contribution in [0, 0.1) is 5.82 Å². The van der Waals surface area contributed by atoms with Gasteiger partial charge in [0.15, 0.2) is 0 Å². The molecular formula is C12H15BrFN3O. The first-order valence-corrected chi connectivity index (χ1v) is 6.58. The molecule has 1 aliphatic heterocycles. The van der Waals surface area contributed by atoms with Gasteiger partial charge in [0.25, 0.3) is 0 Å². The van der Waals surface area contributed by atoms with Gasteiger partial charge in [-0.25, -0.2) is 4.39 Å². The highest BCUT2D eigenvalue weighted by atomic mass is 79.9. The highest BCUT2D eigenvalue weighted by Gasteiger charge is 2.27. The molecular weight excluding hydrogens is 301 g/mol. The van der Waals surface area contributed by atoms with Crippen LogP contribution in [0.25, 0.3) is 0 Å². The summed E-state index contributed by atoms with van der Waals surface area (Å²) in [5.41, 5.74) is 6.05. The first kappa shape index (κ1) is 13.5. The highest BCUT2D eigenvalue weighted by molar-refractivity contribution is 9.10. The number of carbonyl (C=O) groups excluding carboxylic acids is 1. The lowest BCUT2D eigenvalue weighted by Gasteiger charge is -2.33. The summed E-state index contributed by atoms with van der Waals surface area (Å²) in [4.78, 5) is 13.6. The first-order valence-electron chi connectivity index (χ1n) is 5.78. The molecule has 1 aromatic carbocycles. The molecule has 4 nitrogen and oxygen atoms in total. The SMILES string of the molecule is NC(=O)C(c1ccc(Br)c(F)c1)N1CCNCC1. The van der Waals surface area contributed by atoms with Crippen molar-refractivity contribution in [3.63, 3.8) is 0 Å². The largest absolute Gasteiger partial charge is 0.368 e. The van der Waals surface area contributed by atoms with Crippen molar-refractivity contribution >= 4 is 21.8 Å². The summed E-state index contributed by atoms with van der Waals surface area (Å²) in [5.74, 6) is -0.826. The van der Waals surface area contributed by atoms with Crippen LogP contribution in [0.4, 0.5) is 4.39 Å². The molecule has 0 spiro atoms. The van der Waals surface area contributed by atoms with Crippen LogP contribution in [-0.2, 0) is 4.79 Å². The van der Waals surface area contributed by atoms with Gasteiger partial charge in [-0.3, -0.25) is 9.69 Å². The van der Waals surface area contributed by atoms with Crippen LogP contribution in [0.2, 0.25) is 0 Å². The minimum atomic E-state index is -0.560. The molecule has 0 bridgehead atoms. The molecule has 1 aromatic rings. The van der Waals surface area contributed by atoms with E-state index in [1.165, 1.54) is 6.07 Å². The Balaban J connectivity index is 2.28. The van der Waals surface area contributed by atoms with E-state index in [-0.39, 0.29) is 5.82 Å². The summed E-state index contributed by atoms with van der Waals surface area (Å²) in [5, 5.41) is 3.21. The maximum atomic E-state index is 13.5. The van der Waals surface area contributed by atoms with Crippen LogP contribution < -0.4 is 11.1 Å². The van der Waals surface area contributed by atoms with Gasteiger partial charge >= 0.3 is 0 Å². The van der Waals surface area contributed by atoms with Crippen molar-refractivity contribution in [2.24, 2.45) is 5.73 Å². The zero-order valence-corrected chi connectivity index (χ0v) is 11.4. The molecule has 98 valence electrons. The van der Waals surface area contributed by atoms with E-state index in [1.807, 2.05) is 4.90 Å². The molecule has 18 heavy (non-hydrogen) atoms. The van der Waals surface area contributed by atoms with E-state index < -0.39 is 11.9 Å². The van der Waals surface area contributed by atoms with E-state index >= 15 is 0 Å². The lowest BCUT2D eigenvalue weighted by molar-refractivity contribution is -0.123. The maximum Gasteiger partial charge on any atom is 0.239 e. The number of carbonyl (C=O) groups is 1. The monoisotopic (exact) mass is 315 g/mol. The summed E-state index contributed by atoms with van der Waals surface area (Å²) in [6.07, 6.45) is 0. The fourth-order valence-electron chi connectivity index (χ4n) is 2.18. The molecule has 0 aliphatic carbocycles. The van der Waals surface area contributed by atoms with Crippen LogP contribution in [0.3, 0.4) is 0 Å². The number of piperazine rings is 1. The predicted octanol–water partition coefficient (Wildman–Crippen LogP) is 1.02. The van der Waals surface area contributed by atoms with Gasteiger partial charge in [-0.15, -0.1) is 0 Å². The van der Waals surface area contributed by atoms with Gasteiger partial charge in [0.1, 0.15) is 11.9 Å². The Kier molecular flexibility index (Phi) is 4.31. The molecule has 1 saturated heterocycles. The fourth-order valence-corrected chi connectivity index (χ4v) is 2.42. The van der Waals surface area contributed by atoms with Gasteiger partial charge in [0.05, 0.1) is 4.47 Å². The summed E-state index contributed by atoms with van der Waals surface area (Å²) >= 11 is 3.10. The number of nitrogens with one attached hydrogen (secondary N) is 1. The van der Waals surface area contributed by atoms with E-state index in [2.05, 4.69) is 21.2 Å². The van der Waals surface area contributed by atoms with Gasteiger partial charge in [0, 0.05) is 26.2 Å². The maximum absolute atomic E-state index is 13.5. The van der Waals surface area contributed by atoms with Crippen molar-refractivity contribution in [1.82, 2.24) is 10.2 Å². The number of nitrogens with zero attached hydrogens (tertiary/aromatic N) is 1. The average molecular weight is 316 g/mol. The molecule has 1 amide bonds. The highest BCUT2D eigenvalue weighted by Crippen LogP contribution is 2.25. The summed E-state index contributed by atoms with van der Waals surface area (Å²) in [6.45, 7) is 3.07. The number of benzene rings is 1. The lowest BCUT2D eigenvalue weighted by atomic mass is 10.0. The van der Waals surface area contributed by atoms with Gasteiger partial charge in [-0.2, -0.15) is 0 Å². The smallest absolute Gasteiger partial charge is 0.239 e. The Morgan fingerprint density at radius 3 is 2.67 bits per heavy atom. The summed E-state index contributed by atoms with van der Waals surface area (Å²) in [7, 11) is 0. The Morgan fingerprint density at radius 2 is 2.11 bits per heavy atom. The second-order valence-corrected chi connectivity index (χ2v) is 5.12. The number of nitrogens with two attached hydrogens (primary N) is 1. The predicted molar refractivity (Wildman–Crippen MR) is 70.5 cm³/mol. The van der Waals surface area contributed by atoms with Crippen molar-refractivity contribution in [2.75, 3.05) is 26.2 Å². The minimum Gasteiger partial charge on any atom is -0.368 e. The minimum absolute atomic E-state index is 0.381. The molecule has 6 heteroatoms. The van der Waals surface area contributed by atoms with Crippen molar-refractivity contribution in [3.05, 3.63) is 34.1 Å². The Hall–Kier alpha value is -0.980. The molecule has 0 aromatic heterocycles. The standard InChI is InChI=1S/C12H15BrFN3O/c13-9-2-1-8(7-10(9)14)11(12(15)18)17-5-3-16-4-6-17/h1-2,7,11,16H,3-6H2,(H2,15,18). The Bertz CT molecular complexity index is 449. The van der Waals surface area contributed by atoms with Gasteiger partial charge in [0.2, 0.25) is 5.91 Å². The number of primary amides is 1. The second kappa shape index (κ2) is 5.77. The summed E-state index contributed by atoms with van der Waals surface area (Å²) in [6, 6.07) is 4.13. The molecule has 0 radical (unpaired) electrons. The normalized spacial score (nSPS) is 18.6. The van der Waals surface area contributed by atoms with Crippen LogP contribution in [0.1, 0.15) is 11.6 Å².